The molecule has 0 spiro atoms. The summed E-state index contributed by atoms with van der Waals surface area (Å²) in [5, 5.41) is 3.48. The molecule has 1 N–H and O–H groups in total. The number of ether oxygens (including phenoxy) is 1. The molecule has 0 saturated carbocycles. The van der Waals surface area contributed by atoms with Gasteiger partial charge < -0.3 is 10.1 Å². The molecule has 0 aromatic heterocycles. The molecule has 2 rings (SSSR count). The van der Waals surface area contributed by atoms with E-state index in [-0.39, 0.29) is 5.75 Å². The summed E-state index contributed by atoms with van der Waals surface area (Å²) >= 11 is 1.91. The van der Waals surface area contributed by atoms with E-state index in [0.29, 0.717) is 12.1 Å². The monoisotopic (exact) mass is 259 g/mol. The molecule has 0 aliphatic carbocycles. The van der Waals surface area contributed by atoms with Gasteiger partial charge in [0.25, 0.3) is 0 Å². The molecular formula is C12H15F2NOS. The van der Waals surface area contributed by atoms with Gasteiger partial charge in [-0.3, -0.25) is 0 Å². The minimum absolute atomic E-state index is 0.209. The van der Waals surface area contributed by atoms with Crippen molar-refractivity contribution in [3.63, 3.8) is 0 Å². The Balaban J connectivity index is 2.01. The topological polar surface area (TPSA) is 21.3 Å². The fraction of sp³-hybridized carbons (Fsp3) is 0.500. The summed E-state index contributed by atoms with van der Waals surface area (Å²) in [5.41, 5.74) is 1.12. The highest BCUT2D eigenvalue weighted by atomic mass is 32.2. The van der Waals surface area contributed by atoms with Crippen LogP contribution in [0.2, 0.25) is 0 Å². The molecule has 2 unspecified atom stereocenters. The zero-order chi connectivity index (χ0) is 12.3. The zero-order valence-electron chi connectivity index (χ0n) is 9.53. The fourth-order valence-corrected chi connectivity index (χ4v) is 2.99. The maximum Gasteiger partial charge on any atom is 0.387 e. The summed E-state index contributed by atoms with van der Waals surface area (Å²) in [6.45, 7) is -0.614. The number of alkyl halides is 2. The standard InChI is InChI=1S/C12H15F2NOS/c1-8-6-17-7-11(15-8)9-2-4-10(5-3-9)16-12(13)14/h2-5,8,11-12,15H,6-7H2,1H3. The summed E-state index contributed by atoms with van der Waals surface area (Å²) in [6, 6.07) is 7.64. The Hall–Kier alpha value is -0.810. The van der Waals surface area contributed by atoms with Crippen LogP contribution in [-0.4, -0.2) is 24.2 Å². The molecular weight excluding hydrogens is 244 g/mol. The second kappa shape index (κ2) is 5.69. The first-order valence-electron chi connectivity index (χ1n) is 5.53. The van der Waals surface area contributed by atoms with Gasteiger partial charge in [-0.25, -0.2) is 0 Å². The molecule has 2 atom stereocenters. The lowest BCUT2D eigenvalue weighted by Crippen LogP contribution is -2.37. The van der Waals surface area contributed by atoms with Crippen molar-refractivity contribution in [1.82, 2.24) is 5.32 Å². The van der Waals surface area contributed by atoms with Crippen molar-refractivity contribution in [2.75, 3.05) is 11.5 Å². The third kappa shape index (κ3) is 3.57. The lowest BCUT2D eigenvalue weighted by molar-refractivity contribution is -0.0498. The lowest BCUT2D eigenvalue weighted by Gasteiger charge is -2.28. The summed E-state index contributed by atoms with van der Waals surface area (Å²) < 4.78 is 28.3. The maximum absolute atomic E-state index is 12.0. The Bertz CT molecular complexity index is 358. The molecule has 1 heterocycles. The molecule has 1 aromatic carbocycles. The summed E-state index contributed by atoms with van der Waals surface area (Å²) in [7, 11) is 0. The summed E-state index contributed by atoms with van der Waals surface area (Å²) in [4.78, 5) is 0. The number of hydrogen-bond acceptors (Lipinski definition) is 3. The Labute approximate surface area is 104 Å². The fourth-order valence-electron chi connectivity index (χ4n) is 1.88. The first kappa shape index (κ1) is 12.6. The summed E-state index contributed by atoms with van der Waals surface area (Å²) in [6.07, 6.45) is 0. The Morgan fingerprint density at radius 3 is 2.59 bits per heavy atom. The lowest BCUT2D eigenvalue weighted by atomic mass is 10.1. The highest BCUT2D eigenvalue weighted by Gasteiger charge is 2.19. The SMILES string of the molecule is CC1CSCC(c2ccc(OC(F)F)cc2)N1. The van der Waals surface area contributed by atoms with Crippen LogP contribution < -0.4 is 10.1 Å². The van der Waals surface area contributed by atoms with Crippen molar-refractivity contribution in [3.8, 4) is 5.75 Å². The number of benzene rings is 1. The van der Waals surface area contributed by atoms with E-state index in [1.165, 1.54) is 0 Å². The third-order valence-corrected chi connectivity index (χ3v) is 3.95. The van der Waals surface area contributed by atoms with Gasteiger partial charge in [0.2, 0.25) is 0 Å². The van der Waals surface area contributed by atoms with Gasteiger partial charge >= 0.3 is 6.61 Å². The number of thioether (sulfide) groups is 1. The molecule has 1 aliphatic heterocycles. The van der Waals surface area contributed by atoms with E-state index >= 15 is 0 Å². The molecule has 1 aromatic rings. The second-order valence-corrected chi connectivity index (χ2v) is 5.18. The Morgan fingerprint density at radius 1 is 1.29 bits per heavy atom. The number of nitrogens with one attached hydrogen (secondary N) is 1. The van der Waals surface area contributed by atoms with E-state index in [4.69, 9.17) is 0 Å². The molecule has 0 bridgehead atoms. The average molecular weight is 259 g/mol. The first-order valence-corrected chi connectivity index (χ1v) is 6.69. The molecule has 94 valence electrons. The van der Waals surface area contributed by atoms with Gasteiger partial charge in [-0.2, -0.15) is 20.5 Å². The molecule has 17 heavy (non-hydrogen) atoms. The largest absolute Gasteiger partial charge is 0.435 e. The van der Waals surface area contributed by atoms with E-state index in [1.54, 1.807) is 12.1 Å². The Kier molecular flexibility index (Phi) is 4.23. The van der Waals surface area contributed by atoms with Crippen LogP contribution in [0.4, 0.5) is 8.78 Å². The van der Waals surface area contributed by atoms with Gasteiger partial charge in [0.15, 0.2) is 0 Å². The van der Waals surface area contributed by atoms with E-state index in [9.17, 15) is 8.78 Å². The summed E-state index contributed by atoms with van der Waals surface area (Å²) in [5.74, 6) is 2.34. The molecule has 1 aliphatic rings. The van der Waals surface area contributed by atoms with E-state index in [0.717, 1.165) is 17.1 Å². The number of rotatable bonds is 3. The van der Waals surface area contributed by atoms with Crippen LogP contribution >= 0.6 is 11.8 Å². The van der Waals surface area contributed by atoms with E-state index in [2.05, 4.69) is 17.0 Å². The van der Waals surface area contributed by atoms with E-state index < -0.39 is 6.61 Å². The Morgan fingerprint density at radius 2 is 2.00 bits per heavy atom. The van der Waals surface area contributed by atoms with Crippen molar-refractivity contribution in [2.45, 2.75) is 25.6 Å². The predicted molar refractivity (Wildman–Crippen MR) is 65.7 cm³/mol. The zero-order valence-corrected chi connectivity index (χ0v) is 10.3. The second-order valence-electron chi connectivity index (χ2n) is 4.11. The van der Waals surface area contributed by atoms with Crippen molar-refractivity contribution < 1.29 is 13.5 Å². The van der Waals surface area contributed by atoms with Crippen molar-refractivity contribution >= 4 is 11.8 Å². The van der Waals surface area contributed by atoms with Gasteiger partial charge in [0.05, 0.1) is 0 Å². The molecule has 1 fully saturated rings. The van der Waals surface area contributed by atoms with Crippen LogP contribution in [0, 0.1) is 0 Å². The normalized spacial score (nSPS) is 24.9. The highest BCUT2D eigenvalue weighted by Crippen LogP contribution is 2.26. The van der Waals surface area contributed by atoms with Crippen LogP contribution in [0.15, 0.2) is 24.3 Å². The van der Waals surface area contributed by atoms with Crippen LogP contribution in [0.1, 0.15) is 18.5 Å². The molecule has 0 radical (unpaired) electrons. The predicted octanol–water partition coefficient (Wildman–Crippen LogP) is 3.05. The van der Waals surface area contributed by atoms with Gasteiger partial charge in [-0.05, 0) is 24.6 Å². The minimum atomic E-state index is -2.76. The third-order valence-electron chi connectivity index (χ3n) is 2.65. The molecule has 1 saturated heterocycles. The van der Waals surface area contributed by atoms with Crippen molar-refractivity contribution in [1.29, 1.82) is 0 Å². The van der Waals surface area contributed by atoms with Gasteiger partial charge in [-0.15, -0.1) is 0 Å². The smallest absolute Gasteiger partial charge is 0.387 e. The van der Waals surface area contributed by atoms with Crippen molar-refractivity contribution in [2.24, 2.45) is 0 Å². The highest BCUT2D eigenvalue weighted by molar-refractivity contribution is 7.99. The molecule has 0 amide bonds. The number of halogens is 2. The van der Waals surface area contributed by atoms with Crippen LogP contribution in [-0.2, 0) is 0 Å². The first-order chi connectivity index (χ1) is 8.15. The van der Waals surface area contributed by atoms with Gasteiger partial charge in [0, 0.05) is 23.6 Å². The van der Waals surface area contributed by atoms with Crippen LogP contribution in [0.5, 0.6) is 5.75 Å². The van der Waals surface area contributed by atoms with E-state index in [1.807, 2.05) is 23.9 Å². The van der Waals surface area contributed by atoms with Gasteiger partial charge in [0.1, 0.15) is 5.75 Å². The van der Waals surface area contributed by atoms with Gasteiger partial charge in [-0.1, -0.05) is 12.1 Å². The molecule has 5 heteroatoms. The average Bonchev–Trinajstić information content (AvgIpc) is 2.29. The minimum Gasteiger partial charge on any atom is -0.435 e. The molecule has 2 nitrogen and oxygen atoms in total. The van der Waals surface area contributed by atoms with Crippen LogP contribution in [0.25, 0.3) is 0 Å². The van der Waals surface area contributed by atoms with Crippen LogP contribution in [0.3, 0.4) is 0 Å². The maximum atomic E-state index is 12.0. The number of hydrogen-bond donors (Lipinski definition) is 1. The quantitative estimate of drug-likeness (QED) is 0.901. The van der Waals surface area contributed by atoms with Crippen molar-refractivity contribution in [3.05, 3.63) is 29.8 Å².